The third kappa shape index (κ3) is 4.26. The Hall–Kier alpha value is -1.18. The van der Waals surface area contributed by atoms with Crippen LogP contribution in [0.4, 0.5) is 0 Å². The number of thioether (sulfide) groups is 1. The Morgan fingerprint density at radius 1 is 1.12 bits per heavy atom. The molecule has 3 rings (SSSR count). The maximum Gasteiger partial charge on any atom is 0.253 e. The second-order valence-electron chi connectivity index (χ2n) is 6.82. The maximum absolute atomic E-state index is 4.55. The van der Waals surface area contributed by atoms with Crippen LogP contribution in [0.25, 0.3) is 5.78 Å². The molecule has 7 heteroatoms. The Kier molecular flexibility index (Phi) is 5.73. The minimum Gasteiger partial charge on any atom is -0.301 e. The minimum atomic E-state index is 0.671. The molecular weight excluding hydrogens is 320 g/mol. The van der Waals surface area contributed by atoms with Crippen LogP contribution in [0.3, 0.4) is 0 Å². The number of hydrogen-bond acceptors (Lipinski definition) is 6. The second kappa shape index (κ2) is 7.80. The van der Waals surface area contributed by atoms with E-state index < -0.39 is 0 Å². The fourth-order valence-electron chi connectivity index (χ4n) is 3.16. The fraction of sp³-hybridized carbons (Fsp3) is 0.706. The molecule has 24 heavy (non-hydrogen) atoms. The van der Waals surface area contributed by atoms with Gasteiger partial charge in [-0.25, -0.2) is 9.50 Å². The van der Waals surface area contributed by atoms with Gasteiger partial charge in [0.2, 0.25) is 5.16 Å². The van der Waals surface area contributed by atoms with Crippen molar-refractivity contribution >= 4 is 17.5 Å². The van der Waals surface area contributed by atoms with Gasteiger partial charge in [-0.3, -0.25) is 4.90 Å². The summed E-state index contributed by atoms with van der Waals surface area (Å²) in [5, 5.41) is 5.39. The van der Waals surface area contributed by atoms with Gasteiger partial charge in [0.1, 0.15) is 0 Å². The van der Waals surface area contributed by atoms with Gasteiger partial charge in [0.25, 0.3) is 5.78 Å². The largest absolute Gasteiger partial charge is 0.301 e. The van der Waals surface area contributed by atoms with Crippen LogP contribution in [0, 0.1) is 13.8 Å². The molecule has 0 aromatic carbocycles. The molecule has 2 aromatic heterocycles. The van der Waals surface area contributed by atoms with Crippen LogP contribution in [-0.4, -0.2) is 73.9 Å². The molecule has 0 spiro atoms. The number of fused-ring (bicyclic) bond motifs is 1. The van der Waals surface area contributed by atoms with E-state index in [1.807, 2.05) is 24.4 Å². The van der Waals surface area contributed by atoms with Gasteiger partial charge in [-0.2, -0.15) is 4.98 Å². The van der Waals surface area contributed by atoms with Crippen LogP contribution in [0.1, 0.15) is 31.7 Å². The summed E-state index contributed by atoms with van der Waals surface area (Å²) in [5.74, 6) is 1.76. The van der Waals surface area contributed by atoms with Gasteiger partial charge in [0.15, 0.2) is 0 Å². The zero-order chi connectivity index (χ0) is 17.1. The summed E-state index contributed by atoms with van der Waals surface area (Å²) in [5.41, 5.74) is 2.07. The molecule has 0 N–H and O–H groups in total. The van der Waals surface area contributed by atoms with Crippen molar-refractivity contribution in [1.82, 2.24) is 29.4 Å². The molecule has 1 aliphatic rings. The van der Waals surface area contributed by atoms with Crippen LogP contribution in [0.15, 0.2) is 11.2 Å². The normalized spacial score (nSPS) is 17.2. The molecule has 0 bridgehead atoms. The lowest BCUT2D eigenvalue weighted by Crippen LogP contribution is -2.48. The maximum atomic E-state index is 4.55. The highest BCUT2D eigenvalue weighted by atomic mass is 32.2. The zero-order valence-electron chi connectivity index (χ0n) is 15.2. The summed E-state index contributed by atoms with van der Waals surface area (Å²) >= 11 is 1.73. The van der Waals surface area contributed by atoms with Gasteiger partial charge in [-0.1, -0.05) is 11.8 Å². The molecule has 0 saturated carbocycles. The average molecular weight is 349 g/mol. The highest BCUT2D eigenvalue weighted by Crippen LogP contribution is 2.16. The van der Waals surface area contributed by atoms with E-state index in [9.17, 15) is 0 Å². The van der Waals surface area contributed by atoms with E-state index in [1.54, 1.807) is 11.8 Å². The van der Waals surface area contributed by atoms with Crippen molar-refractivity contribution in [3.8, 4) is 0 Å². The van der Waals surface area contributed by atoms with E-state index >= 15 is 0 Å². The molecule has 3 heterocycles. The second-order valence-corrected chi connectivity index (χ2v) is 7.88. The van der Waals surface area contributed by atoms with Crippen molar-refractivity contribution in [3.05, 3.63) is 17.5 Å². The molecule has 0 atom stereocenters. The highest BCUT2D eigenvalue weighted by molar-refractivity contribution is 7.99. The number of aromatic nitrogens is 4. The van der Waals surface area contributed by atoms with Gasteiger partial charge >= 0.3 is 0 Å². The highest BCUT2D eigenvalue weighted by Gasteiger charge is 2.18. The third-order valence-corrected chi connectivity index (χ3v) is 5.51. The monoisotopic (exact) mass is 348 g/mol. The quantitative estimate of drug-likeness (QED) is 0.589. The third-order valence-electron chi connectivity index (χ3n) is 4.59. The van der Waals surface area contributed by atoms with Crippen LogP contribution in [0.2, 0.25) is 0 Å². The first kappa shape index (κ1) is 17.6. The van der Waals surface area contributed by atoms with E-state index in [4.69, 9.17) is 0 Å². The predicted octanol–water partition coefficient (Wildman–Crippen LogP) is 2.25. The van der Waals surface area contributed by atoms with E-state index in [0.29, 0.717) is 11.8 Å². The molecule has 0 amide bonds. The van der Waals surface area contributed by atoms with E-state index in [2.05, 4.69) is 38.7 Å². The predicted molar refractivity (Wildman–Crippen MR) is 98.7 cm³/mol. The smallest absolute Gasteiger partial charge is 0.253 e. The van der Waals surface area contributed by atoms with Crippen LogP contribution in [0.5, 0.6) is 0 Å². The van der Waals surface area contributed by atoms with Crippen molar-refractivity contribution in [2.24, 2.45) is 0 Å². The molecule has 0 radical (unpaired) electrons. The van der Waals surface area contributed by atoms with Gasteiger partial charge in [0, 0.05) is 49.4 Å². The van der Waals surface area contributed by atoms with Crippen molar-refractivity contribution in [3.63, 3.8) is 0 Å². The first-order valence-corrected chi connectivity index (χ1v) is 9.82. The first-order valence-electron chi connectivity index (χ1n) is 8.83. The molecule has 0 aliphatic carbocycles. The van der Waals surface area contributed by atoms with E-state index in [1.165, 1.54) is 39.1 Å². The molecule has 132 valence electrons. The van der Waals surface area contributed by atoms with Gasteiger partial charge in [-0.05, 0) is 46.7 Å². The Bertz CT molecular complexity index is 675. The van der Waals surface area contributed by atoms with Gasteiger partial charge < -0.3 is 4.90 Å². The van der Waals surface area contributed by atoms with Crippen molar-refractivity contribution in [1.29, 1.82) is 0 Å². The lowest BCUT2D eigenvalue weighted by molar-refractivity contribution is 0.109. The van der Waals surface area contributed by atoms with Crippen molar-refractivity contribution in [2.75, 3.05) is 38.5 Å². The minimum absolute atomic E-state index is 0.671. The van der Waals surface area contributed by atoms with Crippen molar-refractivity contribution in [2.45, 2.75) is 45.3 Å². The number of nitrogens with zero attached hydrogens (tertiary/aromatic N) is 6. The number of hydrogen-bond donors (Lipinski definition) is 0. The Labute approximate surface area is 148 Å². The number of aryl methyl sites for hydroxylation is 2. The summed E-state index contributed by atoms with van der Waals surface area (Å²) in [4.78, 5) is 14.1. The van der Waals surface area contributed by atoms with Crippen LogP contribution < -0.4 is 0 Å². The first-order chi connectivity index (χ1) is 11.5. The topological polar surface area (TPSA) is 49.6 Å². The number of piperazine rings is 1. The Morgan fingerprint density at radius 2 is 1.88 bits per heavy atom. The summed E-state index contributed by atoms with van der Waals surface area (Å²) in [7, 11) is 0. The molecule has 1 fully saturated rings. The summed E-state index contributed by atoms with van der Waals surface area (Å²) in [6, 6.07) is 2.71. The molecule has 1 saturated heterocycles. The molecule has 0 unspecified atom stereocenters. The zero-order valence-corrected chi connectivity index (χ0v) is 16.0. The molecule has 6 nitrogen and oxygen atoms in total. The fourth-order valence-corrected chi connectivity index (χ4v) is 3.91. The van der Waals surface area contributed by atoms with Crippen LogP contribution >= 0.6 is 11.8 Å². The standard InChI is InChI=1S/C17H28N6S/c1-13(2)22-9-7-21(8-10-22)6-5-11-24-17-19-16-18-14(3)12-15(4)23(16)20-17/h12-13H,5-11H2,1-4H3. The number of rotatable bonds is 6. The summed E-state index contributed by atoms with van der Waals surface area (Å²) in [6.07, 6.45) is 1.17. The summed E-state index contributed by atoms with van der Waals surface area (Å²) < 4.78 is 1.83. The molecule has 2 aromatic rings. The Balaban J connectivity index is 1.43. The van der Waals surface area contributed by atoms with Gasteiger partial charge in [0.05, 0.1) is 0 Å². The van der Waals surface area contributed by atoms with Gasteiger partial charge in [-0.15, -0.1) is 5.10 Å². The molecule has 1 aliphatic heterocycles. The van der Waals surface area contributed by atoms with Crippen LogP contribution in [-0.2, 0) is 0 Å². The summed E-state index contributed by atoms with van der Waals surface area (Å²) in [6.45, 7) is 14.6. The van der Waals surface area contributed by atoms with E-state index in [0.717, 1.165) is 22.3 Å². The average Bonchev–Trinajstić information content (AvgIpc) is 2.95. The Morgan fingerprint density at radius 3 is 2.58 bits per heavy atom. The lowest BCUT2D eigenvalue weighted by Gasteiger charge is -2.36. The van der Waals surface area contributed by atoms with E-state index in [-0.39, 0.29) is 0 Å². The lowest BCUT2D eigenvalue weighted by atomic mass is 10.2. The van der Waals surface area contributed by atoms with Crippen molar-refractivity contribution < 1.29 is 0 Å². The SMILES string of the molecule is Cc1cc(C)n2nc(SCCCN3CCN(C(C)C)CC3)nc2n1. The molecular formula is C17H28N6S.